The maximum absolute atomic E-state index is 5.76. The molecule has 2 fully saturated rings. The molecule has 3 atom stereocenters. The van der Waals surface area contributed by atoms with E-state index < -0.39 is 0 Å². The lowest BCUT2D eigenvalue weighted by atomic mass is 9.84. The lowest BCUT2D eigenvalue weighted by Gasteiger charge is -2.41. The zero-order chi connectivity index (χ0) is 19.6. The SMILES string of the molecule is Cc1cc(C)c(NC(=S)N2CCC([NH+](C)C3CCCCC3C)CC2)c(C)c1. The first-order valence-corrected chi connectivity index (χ1v) is 11.2. The number of benzene rings is 1. The third-order valence-electron chi connectivity index (χ3n) is 7.03. The summed E-state index contributed by atoms with van der Waals surface area (Å²) in [6.07, 6.45) is 8.20. The predicted molar refractivity (Wildman–Crippen MR) is 120 cm³/mol. The molecule has 2 N–H and O–H groups in total. The van der Waals surface area contributed by atoms with Crippen LogP contribution in [0.2, 0.25) is 0 Å². The minimum atomic E-state index is 0.789. The van der Waals surface area contributed by atoms with Gasteiger partial charge in [0.15, 0.2) is 5.11 Å². The predicted octanol–water partition coefficient (Wildman–Crippen LogP) is 3.87. The lowest BCUT2D eigenvalue weighted by molar-refractivity contribution is -0.937. The number of likely N-dealkylation sites (tertiary alicyclic amines) is 1. The van der Waals surface area contributed by atoms with Crippen LogP contribution in [-0.4, -0.2) is 42.2 Å². The Bertz CT molecular complexity index is 641. The van der Waals surface area contributed by atoms with Crippen molar-refractivity contribution in [2.24, 2.45) is 5.92 Å². The molecule has 1 aliphatic carbocycles. The molecule has 0 aromatic heterocycles. The average molecular weight is 389 g/mol. The van der Waals surface area contributed by atoms with Crippen molar-refractivity contribution in [3.63, 3.8) is 0 Å². The number of hydrogen-bond acceptors (Lipinski definition) is 1. The van der Waals surface area contributed by atoms with E-state index in [4.69, 9.17) is 12.2 Å². The Morgan fingerprint density at radius 2 is 1.63 bits per heavy atom. The molecule has 1 heterocycles. The van der Waals surface area contributed by atoms with Crippen LogP contribution in [0.1, 0.15) is 62.1 Å². The van der Waals surface area contributed by atoms with Crippen LogP contribution in [0.3, 0.4) is 0 Å². The third kappa shape index (κ3) is 4.83. The summed E-state index contributed by atoms with van der Waals surface area (Å²) in [5.74, 6) is 0.881. The largest absolute Gasteiger partial charge is 0.349 e. The monoisotopic (exact) mass is 388 g/mol. The molecule has 27 heavy (non-hydrogen) atoms. The molecule has 1 saturated carbocycles. The second-order valence-corrected chi connectivity index (χ2v) is 9.46. The molecule has 0 bridgehead atoms. The van der Waals surface area contributed by atoms with Crippen LogP contribution < -0.4 is 10.2 Å². The van der Waals surface area contributed by atoms with Gasteiger partial charge in [0.2, 0.25) is 0 Å². The van der Waals surface area contributed by atoms with Crippen molar-refractivity contribution in [1.82, 2.24) is 4.90 Å². The van der Waals surface area contributed by atoms with Crippen molar-refractivity contribution in [3.05, 3.63) is 28.8 Å². The van der Waals surface area contributed by atoms with Crippen LogP contribution in [0, 0.1) is 26.7 Å². The fourth-order valence-electron chi connectivity index (χ4n) is 5.40. The summed E-state index contributed by atoms with van der Waals surface area (Å²) in [7, 11) is 2.45. The third-order valence-corrected chi connectivity index (χ3v) is 7.39. The molecule has 4 heteroatoms. The Morgan fingerprint density at radius 3 is 2.22 bits per heavy atom. The molecule has 3 unspecified atom stereocenters. The smallest absolute Gasteiger partial charge is 0.173 e. The minimum Gasteiger partial charge on any atom is -0.349 e. The first-order valence-electron chi connectivity index (χ1n) is 10.8. The molecule has 3 rings (SSSR count). The molecule has 2 aliphatic rings. The van der Waals surface area contributed by atoms with E-state index >= 15 is 0 Å². The van der Waals surface area contributed by atoms with Crippen molar-refractivity contribution < 1.29 is 4.90 Å². The fraction of sp³-hybridized carbons (Fsp3) is 0.696. The molecular weight excluding hydrogens is 350 g/mol. The maximum atomic E-state index is 5.76. The highest BCUT2D eigenvalue weighted by atomic mass is 32.1. The highest BCUT2D eigenvalue weighted by Crippen LogP contribution is 2.24. The van der Waals surface area contributed by atoms with Gasteiger partial charge in [-0.15, -0.1) is 0 Å². The number of anilines is 1. The van der Waals surface area contributed by atoms with Crippen molar-refractivity contribution >= 4 is 23.0 Å². The molecular formula is C23H38N3S+. The number of aryl methyl sites for hydroxylation is 3. The summed E-state index contributed by atoms with van der Waals surface area (Å²) < 4.78 is 0. The highest BCUT2D eigenvalue weighted by Gasteiger charge is 2.35. The van der Waals surface area contributed by atoms with E-state index in [-0.39, 0.29) is 0 Å². The van der Waals surface area contributed by atoms with E-state index in [0.29, 0.717) is 0 Å². The molecule has 0 spiro atoms. The van der Waals surface area contributed by atoms with Gasteiger partial charge < -0.3 is 15.1 Å². The molecule has 150 valence electrons. The van der Waals surface area contributed by atoms with Crippen molar-refractivity contribution in [2.45, 2.75) is 78.3 Å². The molecule has 1 aliphatic heterocycles. The molecule has 3 nitrogen and oxygen atoms in total. The van der Waals surface area contributed by atoms with Gasteiger partial charge in [-0.1, -0.05) is 31.0 Å². The minimum absolute atomic E-state index is 0.789. The van der Waals surface area contributed by atoms with Gasteiger partial charge >= 0.3 is 0 Å². The molecule has 1 aromatic rings. The Morgan fingerprint density at radius 1 is 1.04 bits per heavy atom. The zero-order valence-corrected chi connectivity index (χ0v) is 18.7. The Kier molecular flexibility index (Phi) is 6.80. The number of nitrogens with zero attached hydrogens (tertiary/aromatic N) is 1. The fourth-order valence-corrected chi connectivity index (χ4v) is 5.68. The average Bonchev–Trinajstić information content (AvgIpc) is 2.64. The number of rotatable bonds is 3. The maximum Gasteiger partial charge on any atom is 0.173 e. The van der Waals surface area contributed by atoms with Crippen molar-refractivity contribution in [1.29, 1.82) is 0 Å². The first kappa shape index (κ1) is 20.6. The van der Waals surface area contributed by atoms with E-state index in [1.54, 1.807) is 4.90 Å². The van der Waals surface area contributed by atoms with Crippen LogP contribution in [-0.2, 0) is 0 Å². The molecule has 0 radical (unpaired) electrons. The summed E-state index contributed by atoms with van der Waals surface area (Å²) >= 11 is 5.76. The van der Waals surface area contributed by atoms with Gasteiger partial charge in [0, 0.05) is 37.5 Å². The molecule has 1 aromatic carbocycles. The highest BCUT2D eigenvalue weighted by molar-refractivity contribution is 7.80. The number of thiocarbonyl (C=S) groups is 1. The summed E-state index contributed by atoms with van der Waals surface area (Å²) in [6, 6.07) is 6.11. The Hall–Kier alpha value is -1.13. The van der Waals surface area contributed by atoms with Crippen LogP contribution in [0.5, 0.6) is 0 Å². The Balaban J connectivity index is 1.55. The van der Waals surface area contributed by atoms with Gasteiger partial charge in [-0.3, -0.25) is 0 Å². The summed E-state index contributed by atoms with van der Waals surface area (Å²) in [5.41, 5.74) is 5.05. The van der Waals surface area contributed by atoms with Crippen LogP contribution in [0.15, 0.2) is 12.1 Å². The zero-order valence-electron chi connectivity index (χ0n) is 17.9. The Labute approximate surface area is 171 Å². The number of nitrogens with one attached hydrogen (secondary N) is 2. The first-order chi connectivity index (χ1) is 12.9. The quantitative estimate of drug-likeness (QED) is 0.767. The van der Waals surface area contributed by atoms with Crippen molar-refractivity contribution in [3.8, 4) is 0 Å². The topological polar surface area (TPSA) is 19.7 Å². The number of piperidine rings is 1. The molecule has 0 amide bonds. The molecule has 1 saturated heterocycles. The van der Waals surface area contributed by atoms with Gasteiger partial charge in [-0.2, -0.15) is 0 Å². The van der Waals surface area contributed by atoms with Gasteiger partial charge in [0.25, 0.3) is 0 Å². The van der Waals surface area contributed by atoms with Crippen LogP contribution >= 0.6 is 12.2 Å². The lowest BCUT2D eigenvalue weighted by Crippen LogP contribution is -3.17. The summed E-state index contributed by atoms with van der Waals surface area (Å²) in [6.45, 7) is 11.1. The van der Waals surface area contributed by atoms with E-state index in [1.165, 1.54) is 60.9 Å². The van der Waals surface area contributed by atoms with Gasteiger partial charge in [-0.05, 0) is 63.4 Å². The standard InChI is InChI=1S/C23H37N3S/c1-16-14-18(3)22(19(4)15-16)24-23(27)26-12-10-20(11-13-26)25(5)21-9-7-6-8-17(21)2/h14-15,17,20-21H,6-13H2,1-5H3,(H,24,27)/p+1. The van der Waals surface area contributed by atoms with E-state index in [2.05, 4.69) is 57.1 Å². The van der Waals surface area contributed by atoms with Crippen LogP contribution in [0.4, 0.5) is 5.69 Å². The van der Waals surface area contributed by atoms with Gasteiger partial charge in [0.05, 0.1) is 19.1 Å². The number of hydrogen-bond donors (Lipinski definition) is 2. The number of quaternary nitrogens is 1. The summed E-state index contributed by atoms with van der Waals surface area (Å²) in [4.78, 5) is 4.16. The van der Waals surface area contributed by atoms with E-state index in [0.717, 1.165) is 36.2 Å². The van der Waals surface area contributed by atoms with Crippen LogP contribution in [0.25, 0.3) is 0 Å². The van der Waals surface area contributed by atoms with E-state index in [1.807, 2.05) is 0 Å². The van der Waals surface area contributed by atoms with Gasteiger partial charge in [-0.25, -0.2) is 0 Å². The normalized spacial score (nSPS) is 25.3. The van der Waals surface area contributed by atoms with Gasteiger partial charge in [0.1, 0.15) is 0 Å². The van der Waals surface area contributed by atoms with E-state index in [9.17, 15) is 0 Å². The van der Waals surface area contributed by atoms with Crippen molar-refractivity contribution in [2.75, 3.05) is 25.5 Å². The summed E-state index contributed by atoms with van der Waals surface area (Å²) in [5, 5.41) is 4.44. The second kappa shape index (κ2) is 8.91. The second-order valence-electron chi connectivity index (χ2n) is 9.08.